The number of hydrogen-bond donors (Lipinski definition) is 1. The maximum atomic E-state index is 12.3. The first-order valence-corrected chi connectivity index (χ1v) is 8.47. The minimum absolute atomic E-state index is 0.231. The van der Waals surface area contributed by atoms with Crippen molar-refractivity contribution in [1.29, 1.82) is 0 Å². The summed E-state index contributed by atoms with van der Waals surface area (Å²) in [5.74, 6) is 0.408. The quantitative estimate of drug-likeness (QED) is 0.779. The number of methoxy groups -OCH3 is 1. The molecule has 0 fully saturated rings. The summed E-state index contributed by atoms with van der Waals surface area (Å²) in [7, 11) is 1.37. The summed E-state index contributed by atoms with van der Waals surface area (Å²) in [6.45, 7) is 8.68. The molecule has 2 aromatic carbocycles. The van der Waals surface area contributed by atoms with Crippen molar-refractivity contribution >= 4 is 5.97 Å². The second-order valence-electron chi connectivity index (χ2n) is 6.68. The van der Waals surface area contributed by atoms with Crippen LogP contribution in [0.1, 0.15) is 54.2 Å². The van der Waals surface area contributed by atoms with Gasteiger partial charge in [0.1, 0.15) is 17.1 Å². The summed E-state index contributed by atoms with van der Waals surface area (Å²) < 4.78 is 10.7. The van der Waals surface area contributed by atoms with Gasteiger partial charge in [-0.25, -0.2) is 4.79 Å². The van der Waals surface area contributed by atoms with Gasteiger partial charge in [-0.3, -0.25) is 0 Å². The van der Waals surface area contributed by atoms with E-state index in [1.807, 2.05) is 38.1 Å². The Morgan fingerprint density at radius 2 is 1.76 bits per heavy atom. The van der Waals surface area contributed by atoms with Gasteiger partial charge in [-0.05, 0) is 48.2 Å². The number of aromatic hydroxyl groups is 1. The van der Waals surface area contributed by atoms with E-state index in [9.17, 15) is 9.90 Å². The summed E-state index contributed by atoms with van der Waals surface area (Å²) in [5.41, 5.74) is 3.03. The van der Waals surface area contributed by atoms with Crippen molar-refractivity contribution in [1.82, 2.24) is 0 Å². The fourth-order valence-corrected chi connectivity index (χ4v) is 2.84. The van der Waals surface area contributed by atoms with Crippen LogP contribution >= 0.6 is 0 Å². The van der Waals surface area contributed by atoms with Crippen LogP contribution in [0.3, 0.4) is 0 Å². The van der Waals surface area contributed by atoms with Crippen LogP contribution in [0.5, 0.6) is 11.5 Å². The molecule has 0 heterocycles. The normalized spacial score (nSPS) is 11.2. The molecule has 0 saturated carbocycles. The average molecular weight is 342 g/mol. The van der Waals surface area contributed by atoms with Crippen LogP contribution in [-0.4, -0.2) is 24.8 Å². The first-order chi connectivity index (χ1) is 11.8. The van der Waals surface area contributed by atoms with E-state index in [0.717, 1.165) is 23.1 Å². The zero-order chi connectivity index (χ0) is 18.6. The molecule has 0 aromatic heterocycles. The Hall–Kier alpha value is -2.49. The van der Waals surface area contributed by atoms with Crippen molar-refractivity contribution in [3.63, 3.8) is 0 Å². The number of esters is 1. The SMILES string of the molecule is CCCOc1c(C)cc(C(C)(C)c2ccc(O)cc2)cc1C(=O)OC. The van der Waals surface area contributed by atoms with E-state index in [2.05, 4.69) is 13.8 Å². The molecule has 0 aliphatic carbocycles. The number of phenolic OH excluding ortho intramolecular Hbond substituents is 1. The van der Waals surface area contributed by atoms with Gasteiger partial charge >= 0.3 is 5.97 Å². The Morgan fingerprint density at radius 3 is 2.32 bits per heavy atom. The summed E-state index contributed by atoms with van der Waals surface area (Å²) in [6, 6.07) is 11.0. The topological polar surface area (TPSA) is 55.8 Å². The molecule has 134 valence electrons. The van der Waals surface area contributed by atoms with Crippen LogP contribution in [0.4, 0.5) is 0 Å². The lowest BCUT2D eigenvalue weighted by Crippen LogP contribution is -2.20. The molecular formula is C21H26O4. The van der Waals surface area contributed by atoms with Gasteiger partial charge in [-0.1, -0.05) is 39.0 Å². The van der Waals surface area contributed by atoms with Crippen molar-refractivity contribution in [3.8, 4) is 11.5 Å². The molecule has 0 aliphatic rings. The number of aryl methyl sites for hydroxylation is 1. The molecule has 1 N–H and O–H groups in total. The minimum atomic E-state index is -0.405. The third-order valence-electron chi connectivity index (χ3n) is 4.44. The third kappa shape index (κ3) is 3.95. The molecule has 25 heavy (non-hydrogen) atoms. The summed E-state index contributed by atoms with van der Waals surface area (Å²) in [4.78, 5) is 12.3. The van der Waals surface area contributed by atoms with Gasteiger partial charge in [0.15, 0.2) is 0 Å². The van der Waals surface area contributed by atoms with E-state index >= 15 is 0 Å². The molecule has 0 radical (unpaired) electrons. The van der Waals surface area contributed by atoms with Crippen molar-refractivity contribution in [2.24, 2.45) is 0 Å². The number of phenols is 1. The van der Waals surface area contributed by atoms with Crippen molar-refractivity contribution in [3.05, 3.63) is 58.7 Å². The number of carbonyl (C=O) groups is 1. The second-order valence-corrected chi connectivity index (χ2v) is 6.68. The first kappa shape index (κ1) is 18.8. The van der Waals surface area contributed by atoms with E-state index in [0.29, 0.717) is 17.9 Å². The zero-order valence-electron chi connectivity index (χ0n) is 15.6. The third-order valence-corrected chi connectivity index (χ3v) is 4.44. The molecule has 0 atom stereocenters. The summed E-state index contributed by atoms with van der Waals surface area (Å²) in [5, 5.41) is 9.53. The Labute approximate surface area is 149 Å². The average Bonchev–Trinajstić information content (AvgIpc) is 2.59. The van der Waals surface area contributed by atoms with E-state index < -0.39 is 5.97 Å². The Balaban J connectivity index is 2.56. The van der Waals surface area contributed by atoms with Crippen LogP contribution in [0.15, 0.2) is 36.4 Å². The van der Waals surface area contributed by atoms with Crippen LogP contribution in [0, 0.1) is 6.92 Å². The van der Waals surface area contributed by atoms with Crippen LogP contribution < -0.4 is 4.74 Å². The Morgan fingerprint density at radius 1 is 1.12 bits per heavy atom. The molecule has 0 aliphatic heterocycles. The predicted octanol–water partition coefficient (Wildman–Crippen LogP) is 4.60. The predicted molar refractivity (Wildman–Crippen MR) is 98.5 cm³/mol. The van der Waals surface area contributed by atoms with Crippen molar-refractivity contribution in [2.75, 3.05) is 13.7 Å². The lowest BCUT2D eigenvalue weighted by atomic mass is 9.77. The van der Waals surface area contributed by atoms with Gasteiger partial charge < -0.3 is 14.6 Å². The fourth-order valence-electron chi connectivity index (χ4n) is 2.84. The lowest BCUT2D eigenvalue weighted by molar-refractivity contribution is 0.0595. The molecule has 0 bridgehead atoms. The van der Waals surface area contributed by atoms with Gasteiger partial charge in [-0.15, -0.1) is 0 Å². The van der Waals surface area contributed by atoms with Crippen molar-refractivity contribution < 1.29 is 19.4 Å². The van der Waals surface area contributed by atoms with Gasteiger partial charge in [0, 0.05) is 5.41 Å². The largest absolute Gasteiger partial charge is 0.508 e. The molecule has 2 rings (SSSR count). The molecule has 0 amide bonds. The molecular weight excluding hydrogens is 316 g/mol. The summed E-state index contributed by atoms with van der Waals surface area (Å²) in [6.07, 6.45) is 0.862. The highest BCUT2D eigenvalue weighted by atomic mass is 16.5. The highest BCUT2D eigenvalue weighted by Gasteiger charge is 2.27. The van der Waals surface area contributed by atoms with E-state index in [1.165, 1.54) is 7.11 Å². The first-order valence-electron chi connectivity index (χ1n) is 8.47. The molecule has 0 spiro atoms. The second kappa shape index (κ2) is 7.60. The van der Waals surface area contributed by atoms with Gasteiger partial charge in [-0.2, -0.15) is 0 Å². The van der Waals surface area contributed by atoms with Crippen LogP contribution in [0.2, 0.25) is 0 Å². The number of hydrogen-bond acceptors (Lipinski definition) is 4. The maximum Gasteiger partial charge on any atom is 0.341 e. The van der Waals surface area contributed by atoms with Gasteiger partial charge in [0.2, 0.25) is 0 Å². The van der Waals surface area contributed by atoms with E-state index in [4.69, 9.17) is 9.47 Å². The van der Waals surface area contributed by atoms with E-state index in [-0.39, 0.29) is 11.2 Å². The Kier molecular flexibility index (Phi) is 5.73. The highest BCUT2D eigenvalue weighted by molar-refractivity contribution is 5.93. The fraction of sp³-hybridized carbons (Fsp3) is 0.381. The van der Waals surface area contributed by atoms with Crippen molar-refractivity contribution in [2.45, 2.75) is 39.5 Å². The highest BCUT2D eigenvalue weighted by Crippen LogP contribution is 2.36. The molecule has 2 aromatic rings. The van der Waals surface area contributed by atoms with Crippen LogP contribution in [-0.2, 0) is 10.2 Å². The summed E-state index contributed by atoms with van der Waals surface area (Å²) >= 11 is 0. The lowest BCUT2D eigenvalue weighted by Gasteiger charge is -2.28. The van der Waals surface area contributed by atoms with Crippen LogP contribution in [0.25, 0.3) is 0 Å². The molecule has 4 nitrogen and oxygen atoms in total. The molecule has 0 saturated heterocycles. The molecule has 0 unspecified atom stereocenters. The molecule has 4 heteroatoms. The standard InChI is InChI=1S/C21H26O4/c1-6-11-25-19-14(2)12-16(13-18(19)20(23)24-5)21(3,4)15-7-9-17(22)10-8-15/h7-10,12-13,22H,6,11H2,1-5H3. The van der Waals surface area contributed by atoms with Gasteiger partial charge in [0.05, 0.1) is 13.7 Å². The monoisotopic (exact) mass is 342 g/mol. The minimum Gasteiger partial charge on any atom is -0.508 e. The number of ether oxygens (including phenoxy) is 2. The maximum absolute atomic E-state index is 12.3. The number of rotatable bonds is 6. The number of benzene rings is 2. The van der Waals surface area contributed by atoms with E-state index in [1.54, 1.807) is 12.1 Å². The number of carbonyl (C=O) groups excluding carboxylic acids is 1. The van der Waals surface area contributed by atoms with Gasteiger partial charge in [0.25, 0.3) is 0 Å². The zero-order valence-corrected chi connectivity index (χ0v) is 15.6. The smallest absolute Gasteiger partial charge is 0.341 e. The Bertz CT molecular complexity index is 745.